The lowest BCUT2D eigenvalue weighted by molar-refractivity contribution is -0.114. The highest BCUT2D eigenvalue weighted by Gasteiger charge is 2.18. The number of hydrogen-bond donors (Lipinski definition) is 1. The highest BCUT2D eigenvalue weighted by Crippen LogP contribution is 2.29. The van der Waals surface area contributed by atoms with Crippen molar-refractivity contribution in [3.05, 3.63) is 29.8 Å². The van der Waals surface area contributed by atoms with Crippen LogP contribution in [0, 0.1) is 0 Å². The first-order valence-electron chi connectivity index (χ1n) is 5.84. The van der Waals surface area contributed by atoms with Gasteiger partial charge in [0.05, 0.1) is 0 Å². The van der Waals surface area contributed by atoms with Crippen molar-refractivity contribution in [2.45, 2.75) is 46.0 Å². The Kier molecular flexibility index (Phi) is 4.11. The zero-order valence-electron chi connectivity index (χ0n) is 10.6. The van der Waals surface area contributed by atoms with Crippen LogP contribution in [-0.2, 0) is 10.2 Å². The Hall–Kier alpha value is -1.31. The monoisotopic (exact) mass is 219 g/mol. The number of carbonyl (C=O) groups excluding carboxylic acids is 1. The summed E-state index contributed by atoms with van der Waals surface area (Å²) in [5.41, 5.74) is 2.40. The summed E-state index contributed by atoms with van der Waals surface area (Å²) in [6.45, 7) is 8.23. The predicted octanol–water partition coefficient (Wildman–Crippen LogP) is 3.72. The minimum Gasteiger partial charge on any atom is -0.326 e. The molecular weight excluding hydrogens is 198 g/mol. The number of benzene rings is 1. The quantitative estimate of drug-likeness (QED) is 0.821. The Balaban J connectivity index is 2.81. The number of carbonyl (C=O) groups is 1. The summed E-state index contributed by atoms with van der Waals surface area (Å²) in [5, 5.41) is 2.78. The van der Waals surface area contributed by atoms with Crippen LogP contribution in [0.5, 0.6) is 0 Å². The Bertz CT molecular complexity index is 352. The van der Waals surface area contributed by atoms with Crippen molar-refractivity contribution in [2.24, 2.45) is 0 Å². The van der Waals surface area contributed by atoms with Gasteiger partial charge in [-0.05, 0) is 29.5 Å². The highest BCUT2D eigenvalue weighted by atomic mass is 16.1. The third kappa shape index (κ3) is 3.37. The molecule has 1 aromatic carbocycles. The van der Waals surface area contributed by atoms with Gasteiger partial charge < -0.3 is 5.32 Å². The van der Waals surface area contributed by atoms with Crippen LogP contribution in [0.15, 0.2) is 24.3 Å². The van der Waals surface area contributed by atoms with Crippen molar-refractivity contribution >= 4 is 11.6 Å². The van der Waals surface area contributed by atoms with Crippen LogP contribution in [0.3, 0.4) is 0 Å². The lowest BCUT2D eigenvalue weighted by Gasteiger charge is -2.24. The van der Waals surface area contributed by atoms with Gasteiger partial charge in [-0.15, -0.1) is 0 Å². The van der Waals surface area contributed by atoms with Gasteiger partial charge in [0.15, 0.2) is 0 Å². The number of anilines is 1. The van der Waals surface area contributed by atoms with Crippen molar-refractivity contribution in [3.8, 4) is 0 Å². The van der Waals surface area contributed by atoms with E-state index >= 15 is 0 Å². The molecule has 0 fully saturated rings. The van der Waals surface area contributed by atoms with Gasteiger partial charge in [0.2, 0.25) is 5.91 Å². The summed E-state index contributed by atoms with van der Waals surface area (Å²) in [4.78, 5) is 10.9. The second kappa shape index (κ2) is 5.15. The molecule has 0 aliphatic carbocycles. The maximum Gasteiger partial charge on any atom is 0.221 e. The summed E-state index contributed by atoms with van der Waals surface area (Å²) < 4.78 is 0. The first-order chi connectivity index (χ1) is 7.45. The lowest BCUT2D eigenvalue weighted by Crippen LogP contribution is -2.16. The summed E-state index contributed by atoms with van der Waals surface area (Å²) in [5.74, 6) is -0.0273. The highest BCUT2D eigenvalue weighted by molar-refractivity contribution is 5.88. The number of amides is 1. The topological polar surface area (TPSA) is 29.1 Å². The molecule has 0 saturated heterocycles. The molecule has 0 unspecified atom stereocenters. The first kappa shape index (κ1) is 12.8. The van der Waals surface area contributed by atoms with Crippen LogP contribution in [-0.4, -0.2) is 5.91 Å². The lowest BCUT2D eigenvalue weighted by atomic mass is 9.81. The van der Waals surface area contributed by atoms with Gasteiger partial charge in [0.25, 0.3) is 0 Å². The van der Waals surface area contributed by atoms with E-state index in [0.29, 0.717) is 0 Å². The standard InChI is InChI=1S/C14H21NO/c1-5-10-14(3,4)12-6-8-13(9-7-12)15-11(2)16/h6-9H,5,10H2,1-4H3,(H,15,16). The van der Waals surface area contributed by atoms with Gasteiger partial charge >= 0.3 is 0 Å². The van der Waals surface area contributed by atoms with Gasteiger partial charge in [-0.25, -0.2) is 0 Å². The SMILES string of the molecule is CCCC(C)(C)c1ccc(NC(C)=O)cc1. The molecule has 1 amide bonds. The molecule has 88 valence electrons. The zero-order valence-corrected chi connectivity index (χ0v) is 10.6. The minimum atomic E-state index is -0.0273. The van der Waals surface area contributed by atoms with Crippen LogP contribution in [0.1, 0.15) is 46.1 Å². The maximum absolute atomic E-state index is 10.9. The van der Waals surface area contributed by atoms with E-state index in [1.54, 1.807) is 0 Å². The fourth-order valence-electron chi connectivity index (χ4n) is 1.98. The summed E-state index contributed by atoms with van der Waals surface area (Å²) >= 11 is 0. The second-order valence-electron chi connectivity index (χ2n) is 4.89. The Morgan fingerprint density at radius 3 is 2.25 bits per heavy atom. The molecule has 0 radical (unpaired) electrons. The van der Waals surface area contributed by atoms with Crippen molar-refractivity contribution in [1.29, 1.82) is 0 Å². The van der Waals surface area contributed by atoms with E-state index < -0.39 is 0 Å². The molecule has 0 aliphatic heterocycles. The van der Waals surface area contributed by atoms with Gasteiger partial charge in [0, 0.05) is 12.6 Å². The average molecular weight is 219 g/mol. The van der Waals surface area contributed by atoms with Crippen LogP contribution in [0.25, 0.3) is 0 Å². The molecule has 1 aromatic rings. The summed E-state index contributed by atoms with van der Waals surface area (Å²) in [6, 6.07) is 8.13. The summed E-state index contributed by atoms with van der Waals surface area (Å²) in [6.07, 6.45) is 2.35. The molecule has 0 bridgehead atoms. The third-order valence-corrected chi connectivity index (χ3v) is 2.86. The summed E-state index contributed by atoms with van der Waals surface area (Å²) in [7, 11) is 0. The van der Waals surface area contributed by atoms with Gasteiger partial charge in [0.1, 0.15) is 0 Å². The molecule has 2 nitrogen and oxygen atoms in total. The predicted molar refractivity (Wildman–Crippen MR) is 68.7 cm³/mol. The number of rotatable bonds is 4. The fourth-order valence-corrected chi connectivity index (χ4v) is 1.98. The molecular formula is C14H21NO. The third-order valence-electron chi connectivity index (χ3n) is 2.86. The van der Waals surface area contributed by atoms with E-state index in [1.807, 2.05) is 12.1 Å². The van der Waals surface area contributed by atoms with E-state index in [4.69, 9.17) is 0 Å². The van der Waals surface area contributed by atoms with Crippen molar-refractivity contribution in [3.63, 3.8) is 0 Å². The van der Waals surface area contributed by atoms with Crippen LogP contribution < -0.4 is 5.32 Å². The molecule has 0 atom stereocenters. The van der Waals surface area contributed by atoms with Gasteiger partial charge in [-0.3, -0.25) is 4.79 Å². The van der Waals surface area contributed by atoms with E-state index in [1.165, 1.54) is 25.3 Å². The molecule has 0 aromatic heterocycles. The molecule has 0 saturated carbocycles. The Morgan fingerprint density at radius 2 is 1.81 bits per heavy atom. The molecule has 0 spiro atoms. The van der Waals surface area contributed by atoms with Crippen molar-refractivity contribution in [1.82, 2.24) is 0 Å². The normalized spacial score (nSPS) is 11.2. The minimum absolute atomic E-state index is 0.0273. The molecule has 0 aliphatic rings. The van der Waals surface area contributed by atoms with E-state index in [2.05, 4.69) is 38.2 Å². The van der Waals surface area contributed by atoms with Crippen LogP contribution in [0.4, 0.5) is 5.69 Å². The molecule has 1 N–H and O–H groups in total. The number of hydrogen-bond acceptors (Lipinski definition) is 1. The first-order valence-corrected chi connectivity index (χ1v) is 5.84. The fraction of sp³-hybridized carbons (Fsp3) is 0.500. The average Bonchev–Trinajstić information content (AvgIpc) is 2.17. The van der Waals surface area contributed by atoms with E-state index in [9.17, 15) is 4.79 Å². The van der Waals surface area contributed by atoms with Crippen LogP contribution in [0.2, 0.25) is 0 Å². The van der Waals surface area contributed by atoms with Gasteiger partial charge in [-0.1, -0.05) is 39.3 Å². The molecule has 2 heteroatoms. The largest absolute Gasteiger partial charge is 0.326 e. The number of nitrogens with one attached hydrogen (secondary N) is 1. The Labute approximate surface area is 98.1 Å². The molecule has 16 heavy (non-hydrogen) atoms. The molecule has 0 heterocycles. The van der Waals surface area contributed by atoms with Crippen molar-refractivity contribution < 1.29 is 4.79 Å². The van der Waals surface area contributed by atoms with Crippen molar-refractivity contribution in [2.75, 3.05) is 5.32 Å². The smallest absolute Gasteiger partial charge is 0.221 e. The zero-order chi connectivity index (χ0) is 12.2. The van der Waals surface area contributed by atoms with Crippen LogP contribution >= 0.6 is 0 Å². The van der Waals surface area contributed by atoms with Gasteiger partial charge in [-0.2, -0.15) is 0 Å². The van der Waals surface area contributed by atoms with E-state index in [0.717, 1.165) is 5.69 Å². The Morgan fingerprint density at radius 1 is 1.25 bits per heavy atom. The maximum atomic E-state index is 10.9. The van der Waals surface area contributed by atoms with E-state index in [-0.39, 0.29) is 11.3 Å². The molecule has 1 rings (SSSR count). The second-order valence-corrected chi connectivity index (χ2v) is 4.89.